The summed E-state index contributed by atoms with van der Waals surface area (Å²) in [4.78, 5) is 27.8. The highest BCUT2D eigenvalue weighted by atomic mass is 32.1. The number of hydrogen-bond acceptors (Lipinski definition) is 7. The summed E-state index contributed by atoms with van der Waals surface area (Å²) < 4.78 is 9.57. The van der Waals surface area contributed by atoms with Crippen molar-refractivity contribution in [1.29, 1.82) is 0 Å². The zero-order valence-electron chi connectivity index (χ0n) is 12.9. The zero-order valence-corrected chi connectivity index (χ0v) is 13.7. The van der Waals surface area contributed by atoms with Gasteiger partial charge in [0.05, 0.1) is 24.1 Å². The molecule has 1 aromatic carbocycles. The predicted octanol–water partition coefficient (Wildman–Crippen LogP) is 3.15. The Morgan fingerprint density at radius 1 is 1.25 bits per heavy atom. The molecule has 0 spiro atoms. The topological polar surface area (TPSA) is 94.3 Å². The fraction of sp³-hybridized carbons (Fsp3) is 0.125. The highest BCUT2D eigenvalue weighted by Crippen LogP contribution is 2.25. The number of amides is 1. The number of esters is 1. The first-order valence-electron chi connectivity index (χ1n) is 6.96. The molecule has 0 radical (unpaired) electrons. The van der Waals surface area contributed by atoms with Crippen LogP contribution >= 0.6 is 11.3 Å². The number of ether oxygens (including phenoxy) is 1. The highest BCUT2D eigenvalue weighted by Gasteiger charge is 2.14. The first-order chi connectivity index (χ1) is 11.6. The van der Waals surface area contributed by atoms with Gasteiger partial charge in [-0.15, -0.1) is 11.3 Å². The van der Waals surface area contributed by atoms with Gasteiger partial charge in [-0.2, -0.15) is 0 Å². The third-order valence-electron chi connectivity index (χ3n) is 3.18. The van der Waals surface area contributed by atoms with Crippen LogP contribution in [-0.2, 0) is 4.74 Å². The van der Waals surface area contributed by atoms with Crippen LogP contribution in [0, 0.1) is 6.92 Å². The van der Waals surface area contributed by atoms with Crippen molar-refractivity contribution >= 4 is 28.3 Å². The van der Waals surface area contributed by atoms with Crippen molar-refractivity contribution in [3.63, 3.8) is 0 Å². The smallest absolute Gasteiger partial charge is 0.337 e. The average molecular weight is 343 g/mol. The van der Waals surface area contributed by atoms with Crippen LogP contribution in [0.25, 0.3) is 11.3 Å². The summed E-state index contributed by atoms with van der Waals surface area (Å²) in [7, 11) is 1.33. The van der Waals surface area contributed by atoms with Crippen LogP contribution in [-0.4, -0.2) is 29.1 Å². The van der Waals surface area contributed by atoms with Gasteiger partial charge in [-0.05, 0) is 19.1 Å². The van der Waals surface area contributed by atoms with E-state index in [0.29, 0.717) is 22.1 Å². The van der Waals surface area contributed by atoms with Crippen molar-refractivity contribution in [1.82, 2.24) is 10.1 Å². The number of thiazole rings is 1. The lowest BCUT2D eigenvalue weighted by molar-refractivity contribution is 0.0600. The van der Waals surface area contributed by atoms with Gasteiger partial charge in [-0.1, -0.05) is 17.3 Å². The molecular formula is C16H13N3O4S. The molecule has 2 heterocycles. The second-order valence-corrected chi connectivity index (χ2v) is 5.75. The first-order valence-corrected chi connectivity index (χ1v) is 7.84. The van der Waals surface area contributed by atoms with Crippen molar-refractivity contribution in [3.8, 4) is 11.3 Å². The van der Waals surface area contributed by atoms with E-state index < -0.39 is 11.9 Å². The Kier molecular flexibility index (Phi) is 4.39. The van der Waals surface area contributed by atoms with Crippen molar-refractivity contribution < 1.29 is 18.8 Å². The number of nitrogens with zero attached hydrogens (tertiary/aromatic N) is 2. The van der Waals surface area contributed by atoms with Crippen LogP contribution in [0.2, 0.25) is 0 Å². The van der Waals surface area contributed by atoms with Gasteiger partial charge in [0.15, 0.2) is 5.13 Å². The lowest BCUT2D eigenvalue weighted by Gasteiger charge is -2.00. The molecule has 0 bridgehead atoms. The average Bonchev–Trinajstić information content (AvgIpc) is 3.23. The molecule has 1 N–H and O–H groups in total. The van der Waals surface area contributed by atoms with E-state index >= 15 is 0 Å². The SMILES string of the molecule is COC(=O)c1ccc(-c2csc(NC(=O)c3cc(C)no3)n2)cc1. The number of benzene rings is 1. The standard InChI is InChI=1S/C16H13N3O4S/c1-9-7-13(23-19-9)14(20)18-16-17-12(8-24-16)10-3-5-11(6-4-10)15(21)22-2/h3-8H,1-2H3,(H,17,18,20). The highest BCUT2D eigenvalue weighted by molar-refractivity contribution is 7.14. The van der Waals surface area contributed by atoms with E-state index in [2.05, 4.69) is 20.2 Å². The lowest BCUT2D eigenvalue weighted by Crippen LogP contribution is -2.10. The Morgan fingerprint density at radius 2 is 2.00 bits per heavy atom. The quantitative estimate of drug-likeness (QED) is 0.731. The molecule has 8 heteroatoms. The number of aryl methyl sites for hydroxylation is 1. The van der Waals surface area contributed by atoms with Crippen LogP contribution in [0.1, 0.15) is 26.6 Å². The van der Waals surface area contributed by atoms with E-state index in [4.69, 9.17) is 4.52 Å². The number of methoxy groups -OCH3 is 1. The summed E-state index contributed by atoms with van der Waals surface area (Å²) in [5, 5.41) is 8.59. The molecule has 3 aromatic rings. The molecule has 0 saturated heterocycles. The summed E-state index contributed by atoms with van der Waals surface area (Å²) in [5.74, 6) is -0.667. The van der Waals surface area contributed by atoms with Crippen LogP contribution in [0.15, 0.2) is 40.2 Å². The number of nitrogens with one attached hydrogen (secondary N) is 1. The second kappa shape index (κ2) is 6.63. The lowest BCUT2D eigenvalue weighted by atomic mass is 10.1. The van der Waals surface area contributed by atoms with Gasteiger partial charge in [0.1, 0.15) is 0 Å². The number of hydrogen-bond donors (Lipinski definition) is 1. The normalized spacial score (nSPS) is 10.4. The van der Waals surface area contributed by atoms with Gasteiger partial charge in [-0.3, -0.25) is 10.1 Å². The molecule has 3 rings (SSSR count). The van der Waals surface area contributed by atoms with E-state index in [-0.39, 0.29) is 5.76 Å². The number of aromatic nitrogens is 2. The van der Waals surface area contributed by atoms with Crippen molar-refractivity contribution in [2.75, 3.05) is 12.4 Å². The molecule has 7 nitrogen and oxygen atoms in total. The molecule has 0 unspecified atom stereocenters. The zero-order chi connectivity index (χ0) is 17.1. The summed E-state index contributed by atoms with van der Waals surface area (Å²) in [5.41, 5.74) is 2.62. The maximum absolute atomic E-state index is 12.0. The van der Waals surface area contributed by atoms with E-state index in [9.17, 15) is 9.59 Å². The molecule has 0 atom stereocenters. The Bertz CT molecular complexity index is 883. The molecule has 0 fully saturated rings. The van der Waals surface area contributed by atoms with Gasteiger partial charge in [0, 0.05) is 17.0 Å². The number of carbonyl (C=O) groups excluding carboxylic acids is 2. The van der Waals surface area contributed by atoms with Gasteiger partial charge >= 0.3 is 5.97 Å². The fourth-order valence-electron chi connectivity index (χ4n) is 1.99. The van der Waals surface area contributed by atoms with E-state index in [1.807, 2.05) is 5.38 Å². The second-order valence-electron chi connectivity index (χ2n) is 4.89. The van der Waals surface area contributed by atoms with E-state index in [1.54, 1.807) is 37.3 Å². The molecule has 2 aromatic heterocycles. The predicted molar refractivity (Wildman–Crippen MR) is 88.1 cm³/mol. The number of anilines is 1. The Labute approximate surface area is 141 Å². The molecule has 0 saturated carbocycles. The molecule has 0 aliphatic heterocycles. The van der Waals surface area contributed by atoms with E-state index in [1.165, 1.54) is 18.4 Å². The third-order valence-corrected chi connectivity index (χ3v) is 3.94. The van der Waals surface area contributed by atoms with Gasteiger partial charge < -0.3 is 9.26 Å². The first kappa shape index (κ1) is 15.9. The largest absolute Gasteiger partial charge is 0.465 e. The molecule has 0 aliphatic carbocycles. The fourth-order valence-corrected chi connectivity index (χ4v) is 2.70. The molecular weight excluding hydrogens is 330 g/mol. The summed E-state index contributed by atoms with van der Waals surface area (Å²) in [6.45, 7) is 1.74. The van der Waals surface area contributed by atoms with Gasteiger partial charge in [0.2, 0.25) is 5.76 Å². The number of carbonyl (C=O) groups is 2. The molecule has 1 amide bonds. The van der Waals surface area contributed by atoms with Crippen molar-refractivity contribution in [2.45, 2.75) is 6.92 Å². The molecule has 122 valence electrons. The van der Waals surface area contributed by atoms with Gasteiger partial charge in [-0.25, -0.2) is 9.78 Å². The Balaban J connectivity index is 1.73. The van der Waals surface area contributed by atoms with Crippen molar-refractivity contribution in [3.05, 3.63) is 52.7 Å². The van der Waals surface area contributed by atoms with Crippen molar-refractivity contribution in [2.24, 2.45) is 0 Å². The maximum atomic E-state index is 12.0. The summed E-state index contributed by atoms with van der Waals surface area (Å²) >= 11 is 1.29. The Morgan fingerprint density at radius 3 is 2.62 bits per heavy atom. The van der Waals surface area contributed by atoms with Crippen LogP contribution in [0.5, 0.6) is 0 Å². The van der Waals surface area contributed by atoms with Crippen LogP contribution in [0.3, 0.4) is 0 Å². The monoisotopic (exact) mass is 343 g/mol. The minimum atomic E-state index is -0.405. The minimum absolute atomic E-state index is 0.131. The summed E-state index contributed by atoms with van der Waals surface area (Å²) in [6, 6.07) is 8.42. The van der Waals surface area contributed by atoms with E-state index in [0.717, 1.165) is 5.56 Å². The minimum Gasteiger partial charge on any atom is -0.465 e. The molecule has 0 aliphatic rings. The Hall–Kier alpha value is -3.00. The third kappa shape index (κ3) is 3.33. The molecule has 24 heavy (non-hydrogen) atoms. The maximum Gasteiger partial charge on any atom is 0.337 e. The van der Waals surface area contributed by atoms with Crippen LogP contribution < -0.4 is 5.32 Å². The van der Waals surface area contributed by atoms with Gasteiger partial charge in [0.25, 0.3) is 5.91 Å². The summed E-state index contributed by atoms with van der Waals surface area (Å²) in [6.07, 6.45) is 0. The van der Waals surface area contributed by atoms with Crippen LogP contribution in [0.4, 0.5) is 5.13 Å². The number of rotatable bonds is 4.